The maximum Gasteiger partial charge on any atom is 0.312 e. The van der Waals surface area contributed by atoms with E-state index in [0.717, 1.165) is 19.3 Å². The molecule has 2 rings (SSSR count). The molecule has 0 radical (unpaired) electrons. The molecule has 0 amide bonds. The summed E-state index contributed by atoms with van der Waals surface area (Å²) in [6, 6.07) is 0. The van der Waals surface area contributed by atoms with E-state index in [9.17, 15) is 18.0 Å². The average molecular weight is 405 g/mol. The van der Waals surface area contributed by atoms with Gasteiger partial charge in [-0.3, -0.25) is 14.1 Å². The Bertz CT molecular complexity index is 679. The van der Waals surface area contributed by atoms with E-state index in [1.54, 1.807) is 0 Å². The zero-order valence-electron chi connectivity index (χ0n) is 16.7. The van der Waals surface area contributed by atoms with Gasteiger partial charge in [0.2, 0.25) is 0 Å². The third-order valence-electron chi connectivity index (χ3n) is 5.84. The maximum absolute atomic E-state index is 12.9. The van der Waals surface area contributed by atoms with Crippen LogP contribution in [0.4, 0.5) is 0 Å². The Morgan fingerprint density at radius 2 is 1.89 bits per heavy atom. The van der Waals surface area contributed by atoms with Crippen molar-refractivity contribution in [3.05, 3.63) is 0 Å². The predicted molar refractivity (Wildman–Crippen MR) is 99.6 cm³/mol. The van der Waals surface area contributed by atoms with Crippen molar-refractivity contribution in [1.29, 1.82) is 0 Å². The lowest BCUT2D eigenvalue weighted by Gasteiger charge is -2.52. The molecule has 0 spiro atoms. The Morgan fingerprint density at radius 1 is 1.22 bits per heavy atom. The van der Waals surface area contributed by atoms with Crippen LogP contribution in [-0.4, -0.2) is 42.9 Å². The first kappa shape index (κ1) is 22.1. The quantitative estimate of drug-likeness (QED) is 0.535. The fraction of sp³-hybridized carbons (Fsp3) is 0.895. The van der Waals surface area contributed by atoms with E-state index in [1.165, 1.54) is 0 Å². The lowest BCUT2D eigenvalue weighted by atomic mass is 9.56. The Balaban J connectivity index is 2.19. The first-order chi connectivity index (χ1) is 12.3. The normalized spacial score (nSPS) is 31.2. The molecule has 2 bridgehead atoms. The topological polar surface area (TPSA) is 107 Å². The number of carbonyl (C=O) groups is 2. The van der Waals surface area contributed by atoms with E-state index >= 15 is 0 Å². The van der Waals surface area contributed by atoms with Crippen LogP contribution < -0.4 is 0 Å². The largest absolute Gasteiger partial charge is 0.464 e. The number of carbonyl (C=O) groups excluding carboxylic acids is 2. The molecule has 8 heteroatoms. The van der Waals surface area contributed by atoms with Crippen LogP contribution in [0.3, 0.4) is 0 Å². The van der Waals surface area contributed by atoms with Crippen molar-refractivity contribution in [2.45, 2.75) is 78.2 Å². The van der Waals surface area contributed by atoms with Crippen molar-refractivity contribution in [2.24, 2.45) is 16.7 Å². The molecule has 27 heavy (non-hydrogen) atoms. The molecule has 0 aromatic heterocycles. The Labute approximate surface area is 161 Å². The minimum atomic E-state index is -4.18. The number of esters is 2. The molecule has 0 aliphatic heterocycles. The number of ether oxygens (including phenoxy) is 2. The van der Waals surface area contributed by atoms with Crippen LogP contribution in [0.2, 0.25) is 0 Å². The van der Waals surface area contributed by atoms with Crippen molar-refractivity contribution >= 4 is 22.1 Å². The van der Waals surface area contributed by atoms with Gasteiger partial charge in [0.05, 0.1) is 10.8 Å². The molecule has 2 aliphatic carbocycles. The van der Waals surface area contributed by atoms with E-state index in [1.807, 2.05) is 27.7 Å². The lowest BCUT2D eigenvalue weighted by molar-refractivity contribution is -0.194. The SMILES string of the molecule is CCC1(OC(=O)C(C)(C)C)CC2CCCC(C(=O)OCCS(=O)(=O)O)(C2)C1. The highest BCUT2D eigenvalue weighted by Gasteiger charge is 2.56. The van der Waals surface area contributed by atoms with E-state index in [-0.39, 0.29) is 18.5 Å². The van der Waals surface area contributed by atoms with Crippen LogP contribution in [0, 0.1) is 16.7 Å². The fourth-order valence-electron chi connectivity index (χ4n) is 4.45. The average Bonchev–Trinajstić information content (AvgIpc) is 2.52. The summed E-state index contributed by atoms with van der Waals surface area (Å²) in [5.41, 5.74) is -2.08. The zero-order valence-corrected chi connectivity index (χ0v) is 17.6. The monoisotopic (exact) mass is 404 g/mol. The van der Waals surface area contributed by atoms with Crippen molar-refractivity contribution < 1.29 is 32.0 Å². The third kappa shape index (κ3) is 5.44. The van der Waals surface area contributed by atoms with Gasteiger partial charge in [-0.25, -0.2) is 0 Å². The van der Waals surface area contributed by atoms with Gasteiger partial charge in [-0.1, -0.05) is 19.8 Å². The van der Waals surface area contributed by atoms with E-state index in [4.69, 9.17) is 14.0 Å². The second-order valence-corrected chi connectivity index (χ2v) is 10.8. The van der Waals surface area contributed by atoms with Gasteiger partial charge in [0.25, 0.3) is 10.1 Å². The van der Waals surface area contributed by atoms with Gasteiger partial charge in [0.1, 0.15) is 18.0 Å². The number of hydrogen-bond donors (Lipinski definition) is 1. The Hall–Kier alpha value is -1.15. The van der Waals surface area contributed by atoms with Crippen molar-refractivity contribution in [2.75, 3.05) is 12.4 Å². The second-order valence-electron chi connectivity index (χ2n) is 9.22. The van der Waals surface area contributed by atoms with E-state index in [2.05, 4.69) is 0 Å². The summed E-state index contributed by atoms with van der Waals surface area (Å²) in [5.74, 6) is -1.07. The Kier molecular flexibility index (Phi) is 6.31. The number of hydrogen-bond acceptors (Lipinski definition) is 6. The predicted octanol–water partition coefficient (Wildman–Crippen LogP) is 3.13. The van der Waals surface area contributed by atoms with Crippen LogP contribution in [0.1, 0.15) is 72.6 Å². The summed E-state index contributed by atoms with van der Waals surface area (Å²) in [5, 5.41) is 0. The molecule has 2 aliphatic rings. The summed E-state index contributed by atoms with van der Waals surface area (Å²) in [6.07, 6.45) is 4.95. The molecule has 0 saturated heterocycles. The highest BCUT2D eigenvalue weighted by atomic mass is 32.2. The highest BCUT2D eigenvalue weighted by Crippen LogP contribution is 2.55. The highest BCUT2D eigenvalue weighted by molar-refractivity contribution is 7.85. The molecule has 0 aromatic rings. The van der Waals surface area contributed by atoms with Gasteiger partial charge < -0.3 is 9.47 Å². The van der Waals surface area contributed by atoms with Crippen molar-refractivity contribution in [3.8, 4) is 0 Å². The summed E-state index contributed by atoms with van der Waals surface area (Å²) < 4.78 is 41.8. The standard InChI is InChI=1S/C19H32O7S/c1-5-19(26-15(20)17(2,3)4)12-14-7-6-8-18(11-14,13-19)16(21)25-9-10-27(22,23)24/h14H,5-13H2,1-4H3,(H,22,23,24). The van der Waals surface area contributed by atoms with Gasteiger partial charge in [0.15, 0.2) is 0 Å². The summed E-state index contributed by atoms with van der Waals surface area (Å²) in [7, 11) is -4.18. The first-order valence-electron chi connectivity index (χ1n) is 9.67. The van der Waals surface area contributed by atoms with Crippen LogP contribution >= 0.6 is 0 Å². The Morgan fingerprint density at radius 3 is 2.44 bits per heavy atom. The molecule has 3 atom stereocenters. The summed E-state index contributed by atoms with van der Waals surface area (Å²) in [4.78, 5) is 25.4. The summed E-state index contributed by atoms with van der Waals surface area (Å²) >= 11 is 0. The van der Waals surface area contributed by atoms with Gasteiger partial charge in [-0.05, 0) is 52.4 Å². The van der Waals surface area contributed by atoms with Crippen LogP contribution in [-0.2, 0) is 29.2 Å². The molecular formula is C19H32O7S. The smallest absolute Gasteiger partial charge is 0.312 e. The lowest BCUT2D eigenvalue weighted by Crippen LogP contribution is -2.53. The van der Waals surface area contributed by atoms with Crippen molar-refractivity contribution in [3.63, 3.8) is 0 Å². The van der Waals surface area contributed by atoms with Gasteiger partial charge in [-0.2, -0.15) is 8.42 Å². The minimum absolute atomic E-state index is 0.273. The third-order valence-corrected chi connectivity index (χ3v) is 6.52. The minimum Gasteiger partial charge on any atom is -0.464 e. The molecule has 7 nitrogen and oxygen atoms in total. The van der Waals surface area contributed by atoms with Crippen LogP contribution in [0.5, 0.6) is 0 Å². The number of rotatable bonds is 6. The second kappa shape index (κ2) is 7.70. The van der Waals surface area contributed by atoms with Crippen molar-refractivity contribution in [1.82, 2.24) is 0 Å². The molecule has 2 saturated carbocycles. The van der Waals surface area contributed by atoms with Gasteiger partial charge in [0, 0.05) is 6.42 Å². The molecule has 0 heterocycles. The van der Waals surface area contributed by atoms with E-state index in [0.29, 0.717) is 25.7 Å². The van der Waals surface area contributed by atoms with Gasteiger partial charge >= 0.3 is 11.9 Å². The number of fused-ring (bicyclic) bond motifs is 2. The zero-order chi connectivity index (χ0) is 20.5. The molecule has 3 unspecified atom stereocenters. The van der Waals surface area contributed by atoms with Gasteiger partial charge in [-0.15, -0.1) is 0 Å². The summed E-state index contributed by atoms with van der Waals surface area (Å²) in [6.45, 7) is 7.02. The molecular weight excluding hydrogens is 372 g/mol. The van der Waals surface area contributed by atoms with Crippen LogP contribution in [0.15, 0.2) is 0 Å². The fourth-order valence-corrected chi connectivity index (χ4v) is 4.75. The molecule has 0 aromatic carbocycles. The first-order valence-corrected chi connectivity index (χ1v) is 11.3. The maximum atomic E-state index is 12.9. The van der Waals surface area contributed by atoms with Crippen LogP contribution in [0.25, 0.3) is 0 Å². The molecule has 1 N–H and O–H groups in total. The molecule has 2 fully saturated rings. The molecule has 156 valence electrons. The van der Waals surface area contributed by atoms with E-state index < -0.39 is 38.3 Å².